The molecule has 2 rings (SSSR count). The molecule has 112 valence electrons. The molecule has 6 nitrogen and oxygen atoms in total. The van der Waals surface area contributed by atoms with Crippen LogP contribution in [0.5, 0.6) is 0 Å². The molecule has 0 spiro atoms. The highest BCUT2D eigenvalue weighted by atomic mass is 79.9. The van der Waals surface area contributed by atoms with Gasteiger partial charge in [-0.3, -0.25) is 4.72 Å². The molecule has 4 N–H and O–H groups in total. The van der Waals surface area contributed by atoms with E-state index in [1.807, 2.05) is 0 Å². The summed E-state index contributed by atoms with van der Waals surface area (Å²) in [6, 6.07) is 5.67. The number of hydrogen-bond acceptors (Lipinski definition) is 5. The van der Waals surface area contributed by atoms with Crippen molar-refractivity contribution in [1.82, 2.24) is 4.98 Å². The van der Waals surface area contributed by atoms with E-state index in [-0.39, 0.29) is 26.4 Å². The number of benzene rings is 1. The van der Waals surface area contributed by atoms with Crippen LogP contribution in [0.15, 0.2) is 39.8 Å². The molecule has 21 heavy (non-hydrogen) atoms. The van der Waals surface area contributed by atoms with Crippen molar-refractivity contribution in [2.24, 2.45) is 5.84 Å². The summed E-state index contributed by atoms with van der Waals surface area (Å²) in [6.07, 6.45) is 1.31. The van der Waals surface area contributed by atoms with Crippen LogP contribution in [-0.2, 0) is 10.0 Å². The van der Waals surface area contributed by atoms with Crippen molar-refractivity contribution in [3.05, 3.63) is 45.0 Å². The molecular weight excluding hydrogens is 403 g/mol. The van der Waals surface area contributed by atoms with Crippen LogP contribution < -0.4 is 16.0 Å². The first-order chi connectivity index (χ1) is 9.83. The third-order valence-electron chi connectivity index (χ3n) is 2.43. The second-order valence-electron chi connectivity index (χ2n) is 3.87. The number of nitrogens with two attached hydrogens (primary N) is 1. The third-order valence-corrected chi connectivity index (χ3v) is 4.83. The van der Waals surface area contributed by atoms with Gasteiger partial charge in [0.2, 0.25) is 0 Å². The Morgan fingerprint density at radius 1 is 1.19 bits per heavy atom. The molecule has 0 aliphatic rings. The van der Waals surface area contributed by atoms with E-state index >= 15 is 0 Å². The van der Waals surface area contributed by atoms with Gasteiger partial charge in [-0.15, -0.1) is 0 Å². The van der Waals surface area contributed by atoms with Gasteiger partial charge in [0.1, 0.15) is 5.82 Å². The molecule has 0 aliphatic carbocycles. The lowest BCUT2D eigenvalue weighted by Crippen LogP contribution is -2.15. The standard InChI is InChI=1S/C11H9BrCl2N4O2S/c12-6-3-8(13)11(9(14)4-6)18-21(19,20)7-1-2-16-10(5-7)17-15/h1-5,18H,15H2,(H,16,17). The molecule has 0 atom stereocenters. The number of anilines is 2. The molecule has 0 saturated heterocycles. The molecule has 0 amide bonds. The minimum atomic E-state index is -3.87. The van der Waals surface area contributed by atoms with Crippen molar-refractivity contribution in [1.29, 1.82) is 0 Å². The van der Waals surface area contributed by atoms with Gasteiger partial charge in [-0.25, -0.2) is 19.2 Å². The Kier molecular flexibility index (Phi) is 4.95. The van der Waals surface area contributed by atoms with Gasteiger partial charge in [-0.05, 0) is 18.2 Å². The zero-order chi connectivity index (χ0) is 15.6. The highest BCUT2D eigenvalue weighted by molar-refractivity contribution is 9.10. The average Bonchev–Trinajstić information content (AvgIpc) is 2.43. The van der Waals surface area contributed by atoms with E-state index in [0.29, 0.717) is 4.47 Å². The molecule has 0 bridgehead atoms. The minimum Gasteiger partial charge on any atom is -0.308 e. The van der Waals surface area contributed by atoms with Crippen LogP contribution in [0, 0.1) is 0 Å². The molecular formula is C11H9BrCl2N4O2S. The summed E-state index contributed by atoms with van der Waals surface area (Å²) in [5, 5.41) is 0.341. The van der Waals surface area contributed by atoms with E-state index in [9.17, 15) is 8.42 Å². The van der Waals surface area contributed by atoms with Gasteiger partial charge in [0.25, 0.3) is 10.0 Å². The van der Waals surface area contributed by atoms with E-state index < -0.39 is 10.0 Å². The molecule has 1 heterocycles. The van der Waals surface area contributed by atoms with Gasteiger partial charge in [0, 0.05) is 16.7 Å². The monoisotopic (exact) mass is 410 g/mol. The largest absolute Gasteiger partial charge is 0.308 e. The second kappa shape index (κ2) is 6.37. The van der Waals surface area contributed by atoms with Crippen molar-refractivity contribution >= 4 is 60.7 Å². The summed E-state index contributed by atoms with van der Waals surface area (Å²) >= 11 is 15.2. The van der Waals surface area contributed by atoms with Crippen molar-refractivity contribution in [2.45, 2.75) is 4.90 Å². The highest BCUT2D eigenvalue weighted by Gasteiger charge is 2.19. The Balaban J connectivity index is 2.42. The summed E-state index contributed by atoms with van der Waals surface area (Å²) in [4.78, 5) is 3.81. The molecule has 0 fully saturated rings. The maximum absolute atomic E-state index is 12.3. The number of hydrogen-bond donors (Lipinski definition) is 3. The molecule has 0 saturated carbocycles. The number of nitrogens with one attached hydrogen (secondary N) is 2. The van der Waals surface area contributed by atoms with E-state index in [4.69, 9.17) is 29.0 Å². The molecule has 1 aromatic carbocycles. The van der Waals surface area contributed by atoms with Crippen LogP contribution in [0.2, 0.25) is 10.0 Å². The van der Waals surface area contributed by atoms with Gasteiger partial charge in [0.05, 0.1) is 20.6 Å². The first-order valence-electron chi connectivity index (χ1n) is 5.43. The van der Waals surface area contributed by atoms with Crippen molar-refractivity contribution in [3.63, 3.8) is 0 Å². The molecule has 0 radical (unpaired) electrons. The fourth-order valence-corrected chi connectivity index (χ4v) is 4.02. The Morgan fingerprint density at radius 3 is 2.38 bits per heavy atom. The van der Waals surface area contributed by atoms with Crippen molar-refractivity contribution in [3.8, 4) is 0 Å². The normalized spacial score (nSPS) is 11.2. The predicted octanol–water partition coefficient (Wildman–Crippen LogP) is 3.24. The number of pyridine rings is 1. The summed E-state index contributed by atoms with van der Waals surface area (Å²) in [5.74, 6) is 5.42. The van der Waals surface area contributed by atoms with Gasteiger partial charge >= 0.3 is 0 Å². The maximum Gasteiger partial charge on any atom is 0.262 e. The van der Waals surface area contributed by atoms with Crippen molar-refractivity contribution in [2.75, 3.05) is 10.1 Å². The Morgan fingerprint density at radius 2 is 1.81 bits per heavy atom. The SMILES string of the molecule is NNc1cc(S(=O)(=O)Nc2c(Cl)cc(Br)cc2Cl)ccn1. The number of rotatable bonds is 4. The van der Waals surface area contributed by atoms with Crippen LogP contribution in [0.3, 0.4) is 0 Å². The number of halogens is 3. The maximum atomic E-state index is 12.3. The van der Waals surface area contributed by atoms with Gasteiger partial charge in [-0.1, -0.05) is 39.1 Å². The average molecular weight is 412 g/mol. The number of nitrogens with zero attached hydrogens (tertiary/aromatic N) is 1. The van der Waals surface area contributed by atoms with E-state index in [2.05, 4.69) is 31.1 Å². The summed E-state index contributed by atoms with van der Waals surface area (Å²) in [7, 11) is -3.87. The van der Waals surface area contributed by atoms with E-state index in [0.717, 1.165) is 0 Å². The number of hydrazine groups is 1. The predicted molar refractivity (Wildman–Crippen MR) is 87.0 cm³/mol. The fraction of sp³-hybridized carbons (Fsp3) is 0. The first kappa shape index (κ1) is 16.3. The summed E-state index contributed by atoms with van der Waals surface area (Å²) in [6.45, 7) is 0. The van der Waals surface area contributed by atoms with Gasteiger partial charge in [0.15, 0.2) is 0 Å². The van der Waals surface area contributed by atoms with Crippen LogP contribution in [0.4, 0.5) is 11.5 Å². The Bertz CT molecular complexity index is 763. The summed E-state index contributed by atoms with van der Waals surface area (Å²) in [5.41, 5.74) is 2.37. The lowest BCUT2D eigenvalue weighted by molar-refractivity contribution is 0.601. The first-order valence-corrected chi connectivity index (χ1v) is 8.47. The van der Waals surface area contributed by atoms with E-state index in [1.54, 1.807) is 0 Å². The van der Waals surface area contributed by atoms with Crippen LogP contribution in [-0.4, -0.2) is 13.4 Å². The number of nitrogen functional groups attached to an aromatic ring is 1. The number of aromatic nitrogens is 1. The highest BCUT2D eigenvalue weighted by Crippen LogP contribution is 2.35. The van der Waals surface area contributed by atoms with Gasteiger partial charge in [-0.2, -0.15) is 0 Å². The topological polar surface area (TPSA) is 97.1 Å². The lowest BCUT2D eigenvalue weighted by atomic mass is 10.3. The van der Waals surface area contributed by atoms with Crippen LogP contribution in [0.1, 0.15) is 0 Å². The van der Waals surface area contributed by atoms with Crippen molar-refractivity contribution < 1.29 is 8.42 Å². The summed E-state index contributed by atoms with van der Waals surface area (Å²) < 4.78 is 27.6. The van der Waals surface area contributed by atoms with E-state index in [1.165, 1.54) is 30.5 Å². The molecule has 1 aromatic heterocycles. The quantitative estimate of drug-likeness (QED) is 0.530. The Hall–Kier alpha value is -1.06. The zero-order valence-corrected chi connectivity index (χ0v) is 14.2. The van der Waals surface area contributed by atoms with Crippen LogP contribution >= 0.6 is 39.1 Å². The molecule has 2 aromatic rings. The second-order valence-corrected chi connectivity index (χ2v) is 7.28. The number of sulfonamides is 1. The minimum absolute atomic E-state index is 0.0273. The molecule has 0 aliphatic heterocycles. The molecule has 10 heteroatoms. The molecule has 0 unspecified atom stereocenters. The Labute approximate surface area is 139 Å². The van der Waals surface area contributed by atoms with Crippen LogP contribution in [0.25, 0.3) is 0 Å². The fourth-order valence-electron chi connectivity index (χ4n) is 1.49. The zero-order valence-electron chi connectivity index (χ0n) is 10.3. The van der Waals surface area contributed by atoms with Gasteiger partial charge < -0.3 is 5.43 Å². The third kappa shape index (κ3) is 3.78. The lowest BCUT2D eigenvalue weighted by Gasteiger charge is -2.12. The smallest absolute Gasteiger partial charge is 0.262 e.